The Morgan fingerprint density at radius 3 is 2.14 bits per heavy atom. The SMILES string of the molecule is O=C(c1cccnc1Cl)N1CCN([C@H](c2ccccc2)c2ccc(Cl)cc2)CC1. The highest BCUT2D eigenvalue weighted by Crippen LogP contribution is 2.30. The average molecular weight is 426 g/mol. The quantitative estimate of drug-likeness (QED) is 0.555. The minimum Gasteiger partial charge on any atom is -0.336 e. The third-order valence-electron chi connectivity index (χ3n) is 5.26. The van der Waals surface area contributed by atoms with Crippen molar-refractivity contribution >= 4 is 29.1 Å². The van der Waals surface area contributed by atoms with Crippen molar-refractivity contribution in [2.45, 2.75) is 6.04 Å². The molecule has 1 aliphatic rings. The van der Waals surface area contributed by atoms with E-state index in [2.05, 4.69) is 46.3 Å². The van der Waals surface area contributed by atoms with Crippen molar-refractivity contribution < 1.29 is 4.79 Å². The highest BCUT2D eigenvalue weighted by atomic mass is 35.5. The Labute approximate surface area is 180 Å². The molecule has 0 unspecified atom stereocenters. The van der Waals surface area contributed by atoms with Gasteiger partial charge in [-0.1, -0.05) is 65.7 Å². The molecule has 0 bridgehead atoms. The summed E-state index contributed by atoms with van der Waals surface area (Å²) in [6, 6.07) is 22.0. The van der Waals surface area contributed by atoms with Gasteiger partial charge in [0.25, 0.3) is 5.91 Å². The van der Waals surface area contributed by atoms with Gasteiger partial charge >= 0.3 is 0 Å². The maximum atomic E-state index is 12.8. The van der Waals surface area contributed by atoms with Crippen LogP contribution in [0.2, 0.25) is 10.2 Å². The van der Waals surface area contributed by atoms with Crippen molar-refractivity contribution in [2.24, 2.45) is 0 Å². The van der Waals surface area contributed by atoms with Crippen LogP contribution < -0.4 is 0 Å². The molecule has 1 fully saturated rings. The van der Waals surface area contributed by atoms with Crippen LogP contribution in [-0.2, 0) is 0 Å². The fourth-order valence-corrected chi connectivity index (χ4v) is 4.12. The minimum atomic E-state index is -0.0643. The van der Waals surface area contributed by atoms with E-state index in [9.17, 15) is 4.79 Å². The lowest BCUT2D eigenvalue weighted by Crippen LogP contribution is -2.50. The molecule has 0 aliphatic carbocycles. The molecule has 2 aromatic carbocycles. The lowest BCUT2D eigenvalue weighted by Gasteiger charge is -2.39. The van der Waals surface area contributed by atoms with Gasteiger partial charge in [-0.15, -0.1) is 0 Å². The van der Waals surface area contributed by atoms with Crippen molar-refractivity contribution in [1.29, 1.82) is 0 Å². The Balaban J connectivity index is 1.53. The number of rotatable bonds is 4. The second kappa shape index (κ2) is 8.95. The van der Waals surface area contributed by atoms with Crippen LogP contribution in [0, 0.1) is 0 Å². The van der Waals surface area contributed by atoms with E-state index in [1.165, 1.54) is 11.1 Å². The summed E-state index contributed by atoms with van der Waals surface area (Å²) < 4.78 is 0. The van der Waals surface area contributed by atoms with Gasteiger partial charge in [-0.25, -0.2) is 4.98 Å². The van der Waals surface area contributed by atoms with Gasteiger partial charge in [0, 0.05) is 37.4 Å². The summed E-state index contributed by atoms with van der Waals surface area (Å²) in [6.07, 6.45) is 1.59. The molecule has 1 amide bonds. The van der Waals surface area contributed by atoms with E-state index in [4.69, 9.17) is 23.2 Å². The largest absolute Gasteiger partial charge is 0.336 e. The summed E-state index contributed by atoms with van der Waals surface area (Å²) in [5, 5.41) is 0.979. The lowest BCUT2D eigenvalue weighted by molar-refractivity contribution is 0.0597. The third-order valence-corrected chi connectivity index (χ3v) is 5.81. The molecule has 0 spiro atoms. The summed E-state index contributed by atoms with van der Waals surface area (Å²) in [4.78, 5) is 21.1. The average Bonchev–Trinajstić information content (AvgIpc) is 2.76. The van der Waals surface area contributed by atoms with Crippen molar-refractivity contribution in [3.05, 3.63) is 99.8 Å². The number of piperazine rings is 1. The lowest BCUT2D eigenvalue weighted by atomic mass is 9.96. The fourth-order valence-electron chi connectivity index (χ4n) is 3.79. The molecule has 6 heteroatoms. The summed E-state index contributed by atoms with van der Waals surface area (Å²) in [5.74, 6) is -0.0643. The number of halogens is 2. The Hall–Kier alpha value is -2.40. The van der Waals surface area contributed by atoms with Crippen LogP contribution in [0.15, 0.2) is 72.9 Å². The van der Waals surface area contributed by atoms with Gasteiger partial charge in [0.05, 0.1) is 11.6 Å². The van der Waals surface area contributed by atoms with Gasteiger partial charge in [0.2, 0.25) is 0 Å². The van der Waals surface area contributed by atoms with Crippen molar-refractivity contribution in [3.8, 4) is 0 Å². The molecule has 0 radical (unpaired) electrons. The number of benzene rings is 2. The molecule has 3 aromatic rings. The first-order chi connectivity index (χ1) is 14.1. The van der Waals surface area contributed by atoms with Crippen molar-refractivity contribution in [3.63, 3.8) is 0 Å². The summed E-state index contributed by atoms with van der Waals surface area (Å²) in [7, 11) is 0. The van der Waals surface area contributed by atoms with E-state index >= 15 is 0 Å². The third kappa shape index (κ3) is 4.45. The predicted octanol–water partition coefficient (Wildman–Crippen LogP) is 4.94. The van der Waals surface area contributed by atoms with E-state index in [1.807, 2.05) is 23.1 Å². The predicted molar refractivity (Wildman–Crippen MR) is 116 cm³/mol. The van der Waals surface area contributed by atoms with Crippen LogP contribution in [0.25, 0.3) is 0 Å². The normalized spacial score (nSPS) is 15.9. The molecule has 148 valence electrons. The molecule has 1 atom stereocenters. The monoisotopic (exact) mass is 425 g/mol. The molecule has 1 aromatic heterocycles. The van der Waals surface area contributed by atoms with Gasteiger partial charge in [-0.2, -0.15) is 0 Å². The molecular weight excluding hydrogens is 405 g/mol. The van der Waals surface area contributed by atoms with Crippen LogP contribution in [-0.4, -0.2) is 46.9 Å². The molecule has 1 saturated heterocycles. The number of hydrogen-bond donors (Lipinski definition) is 0. The van der Waals surface area contributed by atoms with Gasteiger partial charge in [-0.05, 0) is 35.4 Å². The first-order valence-corrected chi connectivity index (χ1v) is 10.3. The molecular formula is C23H21Cl2N3O. The van der Waals surface area contributed by atoms with Gasteiger partial charge < -0.3 is 4.90 Å². The Morgan fingerprint density at radius 2 is 1.48 bits per heavy atom. The number of pyridine rings is 1. The van der Waals surface area contributed by atoms with Crippen LogP contribution in [0.3, 0.4) is 0 Å². The van der Waals surface area contributed by atoms with Crippen LogP contribution in [0.4, 0.5) is 0 Å². The van der Waals surface area contributed by atoms with Gasteiger partial charge in [0.15, 0.2) is 0 Å². The Morgan fingerprint density at radius 1 is 0.828 bits per heavy atom. The van der Waals surface area contributed by atoms with Crippen LogP contribution in [0.1, 0.15) is 27.5 Å². The molecule has 1 aliphatic heterocycles. The molecule has 2 heterocycles. The van der Waals surface area contributed by atoms with E-state index < -0.39 is 0 Å². The Kier molecular flexibility index (Phi) is 6.14. The van der Waals surface area contributed by atoms with E-state index in [0.29, 0.717) is 18.7 Å². The smallest absolute Gasteiger partial charge is 0.257 e. The fraction of sp³-hybridized carbons (Fsp3) is 0.217. The molecule has 4 rings (SSSR count). The number of amides is 1. The zero-order valence-corrected chi connectivity index (χ0v) is 17.4. The van der Waals surface area contributed by atoms with Crippen LogP contribution >= 0.6 is 23.2 Å². The molecule has 29 heavy (non-hydrogen) atoms. The van der Waals surface area contributed by atoms with Crippen molar-refractivity contribution in [1.82, 2.24) is 14.8 Å². The first-order valence-electron chi connectivity index (χ1n) is 9.58. The van der Waals surface area contributed by atoms with E-state index in [1.54, 1.807) is 18.3 Å². The molecule has 0 saturated carbocycles. The number of carbonyl (C=O) groups excluding carboxylic acids is 1. The molecule has 0 N–H and O–H groups in total. The zero-order valence-electron chi connectivity index (χ0n) is 15.8. The maximum Gasteiger partial charge on any atom is 0.257 e. The molecule has 4 nitrogen and oxygen atoms in total. The van der Waals surface area contributed by atoms with Crippen LogP contribution in [0.5, 0.6) is 0 Å². The van der Waals surface area contributed by atoms with E-state index in [-0.39, 0.29) is 17.1 Å². The summed E-state index contributed by atoms with van der Waals surface area (Å²) in [6.45, 7) is 2.82. The number of aromatic nitrogens is 1. The van der Waals surface area contributed by atoms with Crippen molar-refractivity contribution in [2.75, 3.05) is 26.2 Å². The first kappa shape index (κ1) is 19.9. The Bertz CT molecular complexity index is 971. The second-order valence-electron chi connectivity index (χ2n) is 7.03. The highest BCUT2D eigenvalue weighted by Gasteiger charge is 2.29. The van der Waals surface area contributed by atoms with Gasteiger partial charge in [0.1, 0.15) is 5.15 Å². The number of carbonyl (C=O) groups is 1. The standard InChI is InChI=1S/C23H21Cl2N3O/c24-19-10-8-18(9-11-19)21(17-5-2-1-3-6-17)27-13-15-28(16-14-27)23(29)20-7-4-12-26-22(20)25/h1-12,21H,13-16H2/t21-/m1/s1. The number of hydrogen-bond acceptors (Lipinski definition) is 3. The second-order valence-corrected chi connectivity index (χ2v) is 7.83. The highest BCUT2D eigenvalue weighted by molar-refractivity contribution is 6.32. The van der Waals surface area contributed by atoms with E-state index in [0.717, 1.165) is 18.1 Å². The summed E-state index contributed by atoms with van der Waals surface area (Å²) >= 11 is 12.2. The van der Waals surface area contributed by atoms with Gasteiger partial charge in [-0.3, -0.25) is 9.69 Å². The summed E-state index contributed by atoms with van der Waals surface area (Å²) in [5.41, 5.74) is 2.88. The maximum absolute atomic E-state index is 12.8. The topological polar surface area (TPSA) is 36.4 Å². The number of nitrogens with zero attached hydrogens (tertiary/aromatic N) is 3. The zero-order chi connectivity index (χ0) is 20.2. The minimum absolute atomic E-state index is 0.0643.